The van der Waals surface area contributed by atoms with Gasteiger partial charge in [-0.05, 0) is 44.2 Å². The van der Waals surface area contributed by atoms with Gasteiger partial charge in [0, 0.05) is 31.9 Å². The van der Waals surface area contributed by atoms with Crippen LogP contribution in [0.25, 0.3) is 0 Å². The van der Waals surface area contributed by atoms with Gasteiger partial charge in [0.2, 0.25) is 5.91 Å². The minimum atomic E-state index is -0.255. The van der Waals surface area contributed by atoms with Gasteiger partial charge in [0.25, 0.3) is 0 Å². The molecule has 136 valence electrons. The highest BCUT2D eigenvalue weighted by Gasteiger charge is 2.31. The lowest BCUT2D eigenvalue weighted by Crippen LogP contribution is -2.43. The van der Waals surface area contributed by atoms with E-state index >= 15 is 0 Å². The lowest BCUT2D eigenvalue weighted by atomic mass is 10.2. The van der Waals surface area contributed by atoms with Crippen molar-refractivity contribution in [2.24, 2.45) is 0 Å². The molecule has 7 nitrogen and oxygen atoms in total. The van der Waals surface area contributed by atoms with Crippen molar-refractivity contribution in [3.05, 3.63) is 23.9 Å². The summed E-state index contributed by atoms with van der Waals surface area (Å²) in [6.07, 6.45) is 6.30. The van der Waals surface area contributed by atoms with E-state index in [1.807, 2.05) is 13.1 Å². The van der Waals surface area contributed by atoms with E-state index in [1.165, 1.54) is 0 Å². The molecule has 1 saturated heterocycles. The van der Waals surface area contributed by atoms with Crippen molar-refractivity contribution in [3.8, 4) is 12.1 Å². The van der Waals surface area contributed by atoms with Gasteiger partial charge >= 0.3 is 0 Å². The first-order valence-electron chi connectivity index (χ1n) is 9.14. The van der Waals surface area contributed by atoms with Crippen LogP contribution in [0, 0.1) is 22.7 Å². The molecule has 1 aliphatic carbocycles. The molecule has 0 radical (unpaired) electrons. The predicted octanol–water partition coefficient (Wildman–Crippen LogP) is 1.41. The Morgan fingerprint density at radius 1 is 1.38 bits per heavy atom. The van der Waals surface area contributed by atoms with Gasteiger partial charge in [-0.1, -0.05) is 0 Å². The number of nitrogens with zero attached hydrogens (tertiary/aromatic N) is 5. The molecule has 1 aromatic rings. The van der Waals surface area contributed by atoms with Gasteiger partial charge in [0.15, 0.2) is 0 Å². The highest BCUT2D eigenvalue weighted by molar-refractivity contribution is 5.79. The summed E-state index contributed by atoms with van der Waals surface area (Å²) in [7, 11) is 2.02. The Kier molecular flexibility index (Phi) is 5.70. The Morgan fingerprint density at radius 3 is 2.92 bits per heavy atom. The lowest BCUT2D eigenvalue weighted by Gasteiger charge is -2.26. The molecule has 2 heterocycles. The maximum Gasteiger partial charge on any atom is 0.237 e. The molecular formula is C19H24N6O. The topological polar surface area (TPSA) is 96.1 Å². The molecular weight excluding hydrogens is 328 g/mol. The molecule has 0 bridgehead atoms. The van der Waals surface area contributed by atoms with Crippen molar-refractivity contribution >= 4 is 11.7 Å². The van der Waals surface area contributed by atoms with E-state index in [0.29, 0.717) is 30.7 Å². The average molecular weight is 352 g/mol. The maximum atomic E-state index is 12.3. The Bertz CT molecular complexity index is 719. The molecule has 0 aromatic carbocycles. The van der Waals surface area contributed by atoms with Crippen LogP contribution < -0.4 is 10.2 Å². The molecule has 0 spiro atoms. The first-order valence-corrected chi connectivity index (χ1v) is 9.14. The molecule has 7 heteroatoms. The third-order valence-corrected chi connectivity index (χ3v) is 5.46. The Hall–Kier alpha value is -2.64. The number of nitriles is 2. The van der Waals surface area contributed by atoms with Crippen LogP contribution in [-0.4, -0.2) is 54.1 Å². The normalized spacial score (nSPS) is 24.9. The van der Waals surface area contributed by atoms with Gasteiger partial charge in [-0.2, -0.15) is 10.5 Å². The zero-order valence-electron chi connectivity index (χ0n) is 15.1. The van der Waals surface area contributed by atoms with E-state index in [4.69, 9.17) is 10.5 Å². The number of aromatic nitrogens is 1. The maximum absolute atomic E-state index is 12.3. The standard InChI is InChI=1S/C19H24N6O/c1-24(18-7-4-14(10-20)12-23-18)16-6-5-15(9-16)22-13-19(26)25-8-2-3-17(25)11-21/h4,7,12,15-17,22H,2-3,5-6,8-9,13H2,1H3/t15-,16?,17-/m0/s1. The summed E-state index contributed by atoms with van der Waals surface area (Å²) in [5.41, 5.74) is 0.559. The van der Waals surface area contributed by atoms with Crippen LogP contribution in [0.2, 0.25) is 0 Å². The molecule has 1 aliphatic heterocycles. The summed E-state index contributed by atoms with van der Waals surface area (Å²) in [6.45, 7) is 0.994. The van der Waals surface area contributed by atoms with E-state index in [2.05, 4.69) is 27.3 Å². The number of nitrogens with one attached hydrogen (secondary N) is 1. The third-order valence-electron chi connectivity index (χ3n) is 5.46. The highest BCUT2D eigenvalue weighted by atomic mass is 16.2. The number of hydrogen-bond donors (Lipinski definition) is 1. The number of pyridine rings is 1. The minimum absolute atomic E-state index is 0.0274. The number of carbonyl (C=O) groups is 1. The molecule has 1 N–H and O–H groups in total. The van der Waals surface area contributed by atoms with Crippen LogP contribution in [0.1, 0.15) is 37.7 Å². The van der Waals surface area contributed by atoms with E-state index in [-0.39, 0.29) is 11.9 Å². The van der Waals surface area contributed by atoms with Crippen LogP contribution in [0.5, 0.6) is 0 Å². The Morgan fingerprint density at radius 2 is 2.23 bits per heavy atom. The van der Waals surface area contributed by atoms with Crippen LogP contribution in [-0.2, 0) is 4.79 Å². The molecule has 1 unspecified atom stereocenters. The first kappa shape index (κ1) is 18.2. The number of rotatable bonds is 5. The fraction of sp³-hybridized carbons (Fsp3) is 0.579. The van der Waals surface area contributed by atoms with Gasteiger partial charge in [-0.15, -0.1) is 0 Å². The molecule has 26 heavy (non-hydrogen) atoms. The SMILES string of the molecule is CN(c1ccc(C#N)cn1)C1CC[C@H](NCC(=O)N2CCC[C@H]2C#N)C1. The number of amides is 1. The largest absolute Gasteiger partial charge is 0.357 e. The third kappa shape index (κ3) is 3.95. The smallest absolute Gasteiger partial charge is 0.237 e. The number of anilines is 1. The molecule has 1 aromatic heterocycles. The summed E-state index contributed by atoms with van der Waals surface area (Å²) in [5.74, 6) is 0.888. The monoisotopic (exact) mass is 352 g/mol. The molecule has 1 amide bonds. The molecule has 3 rings (SSSR count). The van der Waals surface area contributed by atoms with Gasteiger partial charge in [0.1, 0.15) is 17.9 Å². The van der Waals surface area contributed by atoms with Gasteiger partial charge in [0.05, 0.1) is 18.2 Å². The van der Waals surface area contributed by atoms with Crippen molar-refractivity contribution < 1.29 is 4.79 Å². The van der Waals surface area contributed by atoms with Crippen molar-refractivity contribution in [3.63, 3.8) is 0 Å². The quantitative estimate of drug-likeness (QED) is 0.861. The second-order valence-electron chi connectivity index (χ2n) is 7.05. The van der Waals surface area contributed by atoms with Crippen LogP contribution in [0.3, 0.4) is 0 Å². The van der Waals surface area contributed by atoms with Crippen molar-refractivity contribution in [2.45, 2.75) is 50.2 Å². The predicted molar refractivity (Wildman–Crippen MR) is 97.1 cm³/mol. The van der Waals surface area contributed by atoms with E-state index < -0.39 is 0 Å². The van der Waals surface area contributed by atoms with Gasteiger partial charge in [-0.25, -0.2) is 4.98 Å². The number of carbonyl (C=O) groups excluding carboxylic acids is 1. The van der Waals surface area contributed by atoms with Crippen LogP contribution in [0.4, 0.5) is 5.82 Å². The molecule has 2 fully saturated rings. The zero-order chi connectivity index (χ0) is 18.5. The average Bonchev–Trinajstić information content (AvgIpc) is 3.34. The minimum Gasteiger partial charge on any atom is -0.357 e. The second-order valence-corrected chi connectivity index (χ2v) is 7.05. The van der Waals surface area contributed by atoms with Crippen molar-refractivity contribution in [1.29, 1.82) is 10.5 Å². The molecule has 1 saturated carbocycles. The summed E-state index contributed by atoms with van der Waals surface area (Å²) < 4.78 is 0. The molecule has 2 aliphatic rings. The number of hydrogen-bond acceptors (Lipinski definition) is 6. The fourth-order valence-corrected chi connectivity index (χ4v) is 3.88. The lowest BCUT2D eigenvalue weighted by molar-refractivity contribution is -0.130. The second kappa shape index (κ2) is 8.16. The van der Waals surface area contributed by atoms with E-state index in [0.717, 1.165) is 37.9 Å². The first-order chi connectivity index (χ1) is 12.6. The van der Waals surface area contributed by atoms with E-state index in [1.54, 1.807) is 17.2 Å². The highest BCUT2D eigenvalue weighted by Crippen LogP contribution is 2.26. The van der Waals surface area contributed by atoms with Gasteiger partial charge in [-0.3, -0.25) is 4.79 Å². The van der Waals surface area contributed by atoms with Gasteiger partial charge < -0.3 is 15.1 Å². The zero-order valence-corrected chi connectivity index (χ0v) is 15.1. The number of likely N-dealkylation sites (tertiary alicyclic amines) is 1. The van der Waals surface area contributed by atoms with Crippen molar-refractivity contribution in [1.82, 2.24) is 15.2 Å². The Labute approximate surface area is 154 Å². The van der Waals surface area contributed by atoms with Crippen molar-refractivity contribution in [2.75, 3.05) is 25.0 Å². The summed E-state index contributed by atoms with van der Waals surface area (Å²) in [6, 6.07) is 8.36. The van der Waals surface area contributed by atoms with Crippen LogP contribution >= 0.6 is 0 Å². The summed E-state index contributed by atoms with van der Waals surface area (Å²) >= 11 is 0. The Balaban J connectivity index is 1.48. The molecule has 3 atom stereocenters. The van der Waals surface area contributed by atoms with Crippen LogP contribution in [0.15, 0.2) is 18.3 Å². The summed E-state index contributed by atoms with van der Waals surface area (Å²) in [4.78, 5) is 20.5. The summed E-state index contributed by atoms with van der Waals surface area (Å²) in [5, 5.41) is 21.3. The fourth-order valence-electron chi connectivity index (χ4n) is 3.88. The van der Waals surface area contributed by atoms with E-state index in [9.17, 15) is 4.79 Å².